The van der Waals surface area contributed by atoms with Gasteiger partial charge in [-0.25, -0.2) is 8.78 Å². The van der Waals surface area contributed by atoms with Crippen LogP contribution in [0, 0.1) is 11.6 Å². The van der Waals surface area contributed by atoms with Gasteiger partial charge in [0.1, 0.15) is 11.5 Å². The maximum atomic E-state index is 13.1. The molecule has 1 atom stereocenters. The number of nitrogens with one attached hydrogen (secondary N) is 1. The fourth-order valence-corrected chi connectivity index (χ4v) is 2.21. The number of carbonyl (C=O) groups is 2. The third-order valence-corrected chi connectivity index (χ3v) is 3.72. The first-order valence-corrected chi connectivity index (χ1v) is 8.61. The smallest absolute Gasteiger partial charge is 0.306 e. The maximum Gasteiger partial charge on any atom is 0.306 e. The third kappa shape index (κ3) is 6.53. The molecule has 6 nitrogen and oxygen atoms in total. The molecule has 0 radical (unpaired) electrons. The summed E-state index contributed by atoms with van der Waals surface area (Å²) in [5.41, 5.74) is 0.0692. The Balaban J connectivity index is 1.69. The van der Waals surface area contributed by atoms with Crippen molar-refractivity contribution in [2.24, 2.45) is 0 Å². The van der Waals surface area contributed by atoms with E-state index >= 15 is 0 Å². The van der Waals surface area contributed by atoms with E-state index in [4.69, 9.17) is 14.2 Å². The lowest BCUT2D eigenvalue weighted by molar-refractivity contribution is -0.153. The fraction of sp³-hybridized carbons (Fsp3) is 0.300. The Morgan fingerprint density at radius 1 is 1.04 bits per heavy atom. The van der Waals surface area contributed by atoms with E-state index in [-0.39, 0.29) is 12.1 Å². The van der Waals surface area contributed by atoms with E-state index in [0.717, 1.165) is 12.1 Å². The Kier molecular flexibility index (Phi) is 7.74. The summed E-state index contributed by atoms with van der Waals surface area (Å²) in [6.45, 7) is 1.69. The minimum Gasteiger partial charge on any atom is -0.497 e. The van der Waals surface area contributed by atoms with Crippen LogP contribution in [0.25, 0.3) is 0 Å². The van der Waals surface area contributed by atoms with Crippen molar-refractivity contribution in [3.8, 4) is 11.5 Å². The lowest BCUT2D eigenvalue weighted by Gasteiger charge is -2.14. The normalized spacial score (nSPS) is 11.4. The van der Waals surface area contributed by atoms with Crippen molar-refractivity contribution >= 4 is 17.6 Å². The van der Waals surface area contributed by atoms with E-state index in [2.05, 4.69) is 5.32 Å². The van der Waals surface area contributed by atoms with Crippen molar-refractivity contribution in [1.82, 2.24) is 0 Å². The summed E-state index contributed by atoms with van der Waals surface area (Å²) in [5.74, 6) is -1.95. The minimum atomic E-state index is -1.08. The number of anilines is 1. The summed E-state index contributed by atoms with van der Waals surface area (Å²) in [4.78, 5) is 23.8. The summed E-state index contributed by atoms with van der Waals surface area (Å²) >= 11 is 0. The Morgan fingerprint density at radius 3 is 2.36 bits per heavy atom. The van der Waals surface area contributed by atoms with E-state index in [1.54, 1.807) is 31.4 Å². The minimum absolute atomic E-state index is 0.0684. The average molecular weight is 393 g/mol. The highest BCUT2D eigenvalue weighted by molar-refractivity contribution is 5.95. The molecular formula is C20H21F2NO5. The molecule has 0 fully saturated rings. The highest BCUT2D eigenvalue weighted by atomic mass is 19.2. The molecule has 2 aromatic rings. The van der Waals surface area contributed by atoms with E-state index in [0.29, 0.717) is 24.5 Å². The van der Waals surface area contributed by atoms with E-state index in [9.17, 15) is 18.4 Å². The van der Waals surface area contributed by atoms with Gasteiger partial charge in [-0.3, -0.25) is 9.59 Å². The molecular weight excluding hydrogens is 372 g/mol. The summed E-state index contributed by atoms with van der Waals surface area (Å²) in [5, 5.41) is 2.36. The summed E-state index contributed by atoms with van der Waals surface area (Å²) < 4.78 is 41.6. The molecule has 28 heavy (non-hydrogen) atoms. The van der Waals surface area contributed by atoms with Gasteiger partial charge in [0.25, 0.3) is 5.91 Å². The van der Waals surface area contributed by atoms with Gasteiger partial charge in [-0.05, 0) is 49.7 Å². The largest absolute Gasteiger partial charge is 0.497 e. The number of benzene rings is 2. The van der Waals surface area contributed by atoms with Gasteiger partial charge in [-0.15, -0.1) is 0 Å². The van der Waals surface area contributed by atoms with E-state index < -0.39 is 29.6 Å². The number of hydrogen-bond donors (Lipinski definition) is 1. The fourth-order valence-electron chi connectivity index (χ4n) is 2.21. The molecule has 0 unspecified atom stereocenters. The lowest BCUT2D eigenvalue weighted by atomic mass is 10.2. The summed E-state index contributed by atoms with van der Waals surface area (Å²) in [6, 6.07) is 9.97. The first-order valence-electron chi connectivity index (χ1n) is 8.61. The highest BCUT2D eigenvalue weighted by Crippen LogP contribution is 2.17. The van der Waals surface area contributed by atoms with Gasteiger partial charge in [0.2, 0.25) is 0 Å². The zero-order chi connectivity index (χ0) is 20.5. The number of ether oxygens (including phenoxy) is 3. The SMILES string of the molecule is COc1ccc(OCCCC(=O)O[C@H](C)C(=O)Nc2ccc(F)c(F)c2)cc1. The van der Waals surface area contributed by atoms with Crippen LogP contribution >= 0.6 is 0 Å². The van der Waals surface area contributed by atoms with Crippen LogP contribution in [-0.2, 0) is 14.3 Å². The van der Waals surface area contributed by atoms with Gasteiger partial charge in [-0.2, -0.15) is 0 Å². The zero-order valence-corrected chi connectivity index (χ0v) is 15.5. The van der Waals surface area contributed by atoms with Crippen LogP contribution < -0.4 is 14.8 Å². The van der Waals surface area contributed by atoms with Crippen molar-refractivity contribution in [3.63, 3.8) is 0 Å². The predicted octanol–water partition coefficient (Wildman–Crippen LogP) is 3.70. The third-order valence-electron chi connectivity index (χ3n) is 3.72. The monoisotopic (exact) mass is 393 g/mol. The Bertz CT molecular complexity index is 811. The molecule has 0 aliphatic carbocycles. The molecule has 2 aromatic carbocycles. The van der Waals surface area contributed by atoms with Crippen molar-refractivity contribution < 1.29 is 32.6 Å². The summed E-state index contributed by atoms with van der Waals surface area (Å²) in [7, 11) is 1.57. The quantitative estimate of drug-likeness (QED) is 0.519. The van der Waals surface area contributed by atoms with Gasteiger partial charge >= 0.3 is 5.97 Å². The second kappa shape index (κ2) is 10.2. The zero-order valence-electron chi connectivity index (χ0n) is 15.5. The van der Waals surface area contributed by atoms with Crippen LogP contribution in [0.1, 0.15) is 19.8 Å². The van der Waals surface area contributed by atoms with E-state index in [1.807, 2.05) is 0 Å². The van der Waals surface area contributed by atoms with Crippen molar-refractivity contribution in [2.75, 3.05) is 19.0 Å². The van der Waals surface area contributed by atoms with Gasteiger partial charge in [0.15, 0.2) is 17.7 Å². The standard InChI is InChI=1S/C20H21F2NO5/c1-13(20(25)23-14-5-10-17(21)18(22)12-14)28-19(24)4-3-11-27-16-8-6-15(26-2)7-9-16/h5-10,12-13H,3-4,11H2,1-2H3,(H,23,25)/t13-/m1/s1. The average Bonchev–Trinajstić information content (AvgIpc) is 2.68. The molecule has 8 heteroatoms. The number of hydrogen-bond acceptors (Lipinski definition) is 5. The molecule has 0 saturated carbocycles. The topological polar surface area (TPSA) is 73.9 Å². The van der Waals surface area contributed by atoms with Gasteiger partial charge in [0.05, 0.1) is 13.7 Å². The number of amides is 1. The molecule has 0 aliphatic heterocycles. The van der Waals surface area contributed by atoms with Crippen molar-refractivity contribution in [1.29, 1.82) is 0 Å². The molecule has 2 rings (SSSR count). The molecule has 0 saturated heterocycles. The van der Waals surface area contributed by atoms with Crippen molar-refractivity contribution in [3.05, 3.63) is 54.1 Å². The molecule has 0 bridgehead atoms. The number of esters is 1. The lowest BCUT2D eigenvalue weighted by Crippen LogP contribution is -2.30. The maximum absolute atomic E-state index is 13.1. The molecule has 0 aliphatic rings. The first-order chi connectivity index (χ1) is 13.4. The van der Waals surface area contributed by atoms with Crippen LogP contribution in [0.4, 0.5) is 14.5 Å². The number of carbonyl (C=O) groups excluding carboxylic acids is 2. The Labute approximate surface area is 161 Å². The van der Waals surface area contributed by atoms with Gasteiger partial charge in [0, 0.05) is 18.2 Å². The molecule has 1 N–H and O–H groups in total. The van der Waals surface area contributed by atoms with Crippen LogP contribution in [0.2, 0.25) is 0 Å². The molecule has 0 heterocycles. The number of methoxy groups -OCH3 is 1. The molecule has 0 spiro atoms. The summed E-state index contributed by atoms with van der Waals surface area (Å²) in [6.07, 6.45) is -0.607. The highest BCUT2D eigenvalue weighted by Gasteiger charge is 2.18. The Hall–Kier alpha value is -3.16. The Morgan fingerprint density at radius 2 is 1.71 bits per heavy atom. The number of rotatable bonds is 9. The van der Waals surface area contributed by atoms with Gasteiger partial charge in [-0.1, -0.05) is 0 Å². The first kappa shape index (κ1) is 21.1. The predicted molar refractivity (Wildman–Crippen MR) is 98.3 cm³/mol. The van der Waals surface area contributed by atoms with Crippen LogP contribution in [0.5, 0.6) is 11.5 Å². The van der Waals surface area contributed by atoms with Crippen LogP contribution in [0.15, 0.2) is 42.5 Å². The van der Waals surface area contributed by atoms with Crippen LogP contribution in [0.3, 0.4) is 0 Å². The van der Waals surface area contributed by atoms with Crippen LogP contribution in [-0.4, -0.2) is 31.7 Å². The number of halogens is 2. The molecule has 1 amide bonds. The molecule has 150 valence electrons. The van der Waals surface area contributed by atoms with E-state index in [1.165, 1.54) is 13.0 Å². The van der Waals surface area contributed by atoms with Gasteiger partial charge < -0.3 is 19.5 Å². The second-order valence-corrected chi connectivity index (χ2v) is 5.88. The molecule has 0 aromatic heterocycles. The van der Waals surface area contributed by atoms with Crippen molar-refractivity contribution in [2.45, 2.75) is 25.9 Å². The second-order valence-electron chi connectivity index (χ2n) is 5.88.